The van der Waals surface area contributed by atoms with Crippen molar-refractivity contribution in [1.82, 2.24) is 14.9 Å². The number of methoxy groups -OCH3 is 2. The Morgan fingerprint density at radius 1 is 1.00 bits per heavy atom. The minimum atomic E-state index is 0.770. The number of ether oxygens (including phenoxy) is 2. The molecule has 0 unspecified atom stereocenters. The Morgan fingerprint density at radius 3 is 2.65 bits per heavy atom. The van der Waals surface area contributed by atoms with Crippen LogP contribution in [0.4, 0.5) is 0 Å². The van der Waals surface area contributed by atoms with Gasteiger partial charge in [-0.25, -0.2) is 4.98 Å². The predicted octanol–water partition coefficient (Wildman–Crippen LogP) is 3.58. The normalized spacial score (nSPS) is 11.0. The van der Waals surface area contributed by atoms with Crippen LogP contribution in [0.1, 0.15) is 17.5 Å². The van der Waals surface area contributed by atoms with Crippen LogP contribution in [0.15, 0.2) is 42.7 Å². The van der Waals surface area contributed by atoms with Crippen molar-refractivity contribution in [2.24, 2.45) is 0 Å². The highest BCUT2D eigenvalue weighted by Gasteiger charge is 2.05. The summed E-state index contributed by atoms with van der Waals surface area (Å²) in [6.07, 6.45) is 3.98. The summed E-state index contributed by atoms with van der Waals surface area (Å²) in [4.78, 5) is 4.47. The summed E-state index contributed by atoms with van der Waals surface area (Å²) in [5, 5.41) is 3.52. The van der Waals surface area contributed by atoms with Crippen LogP contribution < -0.4 is 14.8 Å². The average Bonchev–Trinajstić information content (AvgIpc) is 3.06. The van der Waals surface area contributed by atoms with E-state index in [1.165, 1.54) is 16.6 Å². The maximum Gasteiger partial charge on any atom is 0.160 e. The SMILES string of the molecule is COc1ccc(CCNCCCn2cnc3ccc(C)cc32)cc1OC. The van der Waals surface area contributed by atoms with Gasteiger partial charge in [-0.05, 0) is 68.2 Å². The lowest BCUT2D eigenvalue weighted by Crippen LogP contribution is -2.19. The monoisotopic (exact) mass is 353 g/mol. The molecule has 0 bridgehead atoms. The van der Waals surface area contributed by atoms with E-state index in [0.29, 0.717) is 0 Å². The van der Waals surface area contributed by atoms with Gasteiger partial charge in [0.2, 0.25) is 0 Å². The van der Waals surface area contributed by atoms with Gasteiger partial charge in [0, 0.05) is 6.54 Å². The maximum absolute atomic E-state index is 5.35. The molecule has 0 fully saturated rings. The molecular weight excluding hydrogens is 326 g/mol. The second-order valence-corrected chi connectivity index (χ2v) is 6.47. The van der Waals surface area contributed by atoms with Crippen molar-refractivity contribution in [3.05, 3.63) is 53.9 Å². The molecule has 0 atom stereocenters. The third kappa shape index (κ3) is 4.35. The van der Waals surface area contributed by atoms with Gasteiger partial charge in [0.15, 0.2) is 11.5 Å². The van der Waals surface area contributed by atoms with Crippen molar-refractivity contribution in [3.8, 4) is 11.5 Å². The second-order valence-electron chi connectivity index (χ2n) is 6.47. The molecule has 0 saturated carbocycles. The maximum atomic E-state index is 5.35. The van der Waals surface area contributed by atoms with Crippen LogP contribution in [-0.4, -0.2) is 36.9 Å². The minimum Gasteiger partial charge on any atom is -0.493 e. The fraction of sp³-hybridized carbons (Fsp3) is 0.381. The van der Waals surface area contributed by atoms with Crippen LogP contribution in [0.3, 0.4) is 0 Å². The summed E-state index contributed by atoms with van der Waals surface area (Å²) in [6.45, 7) is 5.02. The van der Waals surface area contributed by atoms with Gasteiger partial charge in [0.05, 0.1) is 31.6 Å². The zero-order chi connectivity index (χ0) is 18.4. The molecule has 0 spiro atoms. The summed E-state index contributed by atoms with van der Waals surface area (Å²) in [5.41, 5.74) is 4.80. The molecule has 2 aromatic carbocycles. The van der Waals surface area contributed by atoms with E-state index in [4.69, 9.17) is 9.47 Å². The summed E-state index contributed by atoms with van der Waals surface area (Å²) in [7, 11) is 3.32. The number of aryl methyl sites for hydroxylation is 2. The van der Waals surface area contributed by atoms with Crippen molar-refractivity contribution < 1.29 is 9.47 Å². The lowest BCUT2D eigenvalue weighted by atomic mass is 10.1. The summed E-state index contributed by atoms with van der Waals surface area (Å²) in [5.74, 6) is 1.55. The van der Waals surface area contributed by atoms with E-state index in [1.54, 1.807) is 14.2 Å². The van der Waals surface area contributed by atoms with E-state index in [-0.39, 0.29) is 0 Å². The van der Waals surface area contributed by atoms with Gasteiger partial charge in [0.25, 0.3) is 0 Å². The van der Waals surface area contributed by atoms with Gasteiger partial charge in [-0.15, -0.1) is 0 Å². The van der Waals surface area contributed by atoms with E-state index in [0.717, 1.165) is 49.5 Å². The molecule has 1 N–H and O–H groups in total. The molecular formula is C21H27N3O2. The van der Waals surface area contributed by atoms with Crippen LogP contribution in [0.2, 0.25) is 0 Å². The molecule has 5 nitrogen and oxygen atoms in total. The number of benzene rings is 2. The summed E-state index contributed by atoms with van der Waals surface area (Å²) < 4.78 is 12.9. The van der Waals surface area contributed by atoms with Crippen molar-refractivity contribution >= 4 is 11.0 Å². The van der Waals surface area contributed by atoms with E-state index in [1.807, 2.05) is 18.5 Å². The topological polar surface area (TPSA) is 48.3 Å². The lowest BCUT2D eigenvalue weighted by Gasteiger charge is -2.10. The van der Waals surface area contributed by atoms with E-state index >= 15 is 0 Å². The first-order chi connectivity index (χ1) is 12.7. The van der Waals surface area contributed by atoms with Crippen LogP contribution in [0.25, 0.3) is 11.0 Å². The Balaban J connectivity index is 1.42. The predicted molar refractivity (Wildman–Crippen MR) is 105 cm³/mol. The van der Waals surface area contributed by atoms with Crippen molar-refractivity contribution in [2.45, 2.75) is 26.3 Å². The van der Waals surface area contributed by atoms with Gasteiger partial charge in [-0.2, -0.15) is 0 Å². The van der Waals surface area contributed by atoms with E-state index in [9.17, 15) is 0 Å². The Hall–Kier alpha value is -2.53. The summed E-state index contributed by atoms with van der Waals surface area (Å²) >= 11 is 0. The lowest BCUT2D eigenvalue weighted by molar-refractivity contribution is 0.354. The summed E-state index contributed by atoms with van der Waals surface area (Å²) in [6, 6.07) is 12.5. The largest absolute Gasteiger partial charge is 0.493 e. The highest BCUT2D eigenvalue weighted by Crippen LogP contribution is 2.27. The quantitative estimate of drug-likeness (QED) is 0.597. The van der Waals surface area contributed by atoms with Crippen molar-refractivity contribution in [3.63, 3.8) is 0 Å². The van der Waals surface area contributed by atoms with Crippen LogP contribution in [-0.2, 0) is 13.0 Å². The first-order valence-corrected chi connectivity index (χ1v) is 9.04. The zero-order valence-electron chi connectivity index (χ0n) is 15.8. The zero-order valence-corrected chi connectivity index (χ0v) is 15.8. The highest BCUT2D eigenvalue weighted by atomic mass is 16.5. The van der Waals surface area contributed by atoms with E-state index in [2.05, 4.69) is 46.1 Å². The van der Waals surface area contributed by atoms with Gasteiger partial charge in [0.1, 0.15) is 0 Å². The smallest absolute Gasteiger partial charge is 0.160 e. The van der Waals surface area contributed by atoms with Gasteiger partial charge >= 0.3 is 0 Å². The second kappa shape index (κ2) is 8.72. The van der Waals surface area contributed by atoms with Gasteiger partial charge in [-0.1, -0.05) is 12.1 Å². The van der Waals surface area contributed by atoms with Crippen molar-refractivity contribution in [1.29, 1.82) is 0 Å². The Labute approximate surface area is 155 Å². The Morgan fingerprint density at radius 2 is 1.85 bits per heavy atom. The molecule has 0 amide bonds. The molecule has 0 aliphatic carbocycles. The Kier molecular flexibility index (Phi) is 6.12. The third-order valence-electron chi connectivity index (χ3n) is 4.57. The van der Waals surface area contributed by atoms with Crippen LogP contribution in [0.5, 0.6) is 11.5 Å². The van der Waals surface area contributed by atoms with E-state index < -0.39 is 0 Å². The highest BCUT2D eigenvalue weighted by molar-refractivity contribution is 5.75. The molecule has 138 valence electrons. The minimum absolute atomic E-state index is 0.770. The molecule has 0 saturated heterocycles. The number of rotatable bonds is 9. The molecule has 0 radical (unpaired) electrons. The number of imidazole rings is 1. The number of fused-ring (bicyclic) bond motifs is 1. The van der Waals surface area contributed by atoms with Crippen molar-refractivity contribution in [2.75, 3.05) is 27.3 Å². The fourth-order valence-corrected chi connectivity index (χ4v) is 3.11. The molecule has 3 rings (SSSR count). The average molecular weight is 353 g/mol. The number of nitrogens with zero attached hydrogens (tertiary/aromatic N) is 2. The number of nitrogens with one attached hydrogen (secondary N) is 1. The fourth-order valence-electron chi connectivity index (χ4n) is 3.11. The number of hydrogen-bond acceptors (Lipinski definition) is 4. The molecule has 5 heteroatoms. The molecule has 1 aromatic heterocycles. The molecule has 26 heavy (non-hydrogen) atoms. The Bertz CT molecular complexity index is 858. The van der Waals surface area contributed by atoms with Gasteiger partial charge < -0.3 is 19.4 Å². The first-order valence-electron chi connectivity index (χ1n) is 9.04. The molecule has 1 heterocycles. The molecule has 3 aromatic rings. The standard InChI is InChI=1S/C21H27N3O2/c1-16-5-7-18-19(13-16)24(15-23-18)12-4-10-22-11-9-17-6-8-20(25-2)21(14-17)26-3/h5-8,13-15,22H,4,9-12H2,1-3H3. The van der Waals surface area contributed by atoms with Gasteiger partial charge in [-0.3, -0.25) is 0 Å². The van der Waals surface area contributed by atoms with Crippen LogP contribution in [0, 0.1) is 6.92 Å². The number of aromatic nitrogens is 2. The first kappa shape index (κ1) is 18.3. The molecule has 0 aliphatic rings. The third-order valence-corrected chi connectivity index (χ3v) is 4.57. The van der Waals surface area contributed by atoms with Crippen LogP contribution >= 0.6 is 0 Å². The molecule has 0 aliphatic heterocycles. The number of hydrogen-bond donors (Lipinski definition) is 1.